The number of pyridine rings is 1. The van der Waals surface area contributed by atoms with Crippen LogP contribution in [0, 0.1) is 0 Å². The van der Waals surface area contributed by atoms with Crippen molar-refractivity contribution in [2.75, 3.05) is 19.0 Å². The fraction of sp³-hybridized carbons (Fsp3) is 0.238. The summed E-state index contributed by atoms with van der Waals surface area (Å²) in [6.07, 6.45) is 2.04. The van der Waals surface area contributed by atoms with Gasteiger partial charge in [-0.15, -0.1) is 0 Å². The largest absolute Gasteiger partial charge is 0.481 e. The topological polar surface area (TPSA) is 124 Å². The molecule has 0 fully saturated rings. The van der Waals surface area contributed by atoms with Gasteiger partial charge in [0.05, 0.1) is 25.4 Å². The Balaban J connectivity index is 1.77. The van der Waals surface area contributed by atoms with Crippen LogP contribution in [0.15, 0.2) is 54.7 Å². The van der Waals surface area contributed by atoms with Crippen LogP contribution in [0.5, 0.6) is 5.88 Å². The highest BCUT2D eigenvalue weighted by Gasteiger charge is 2.21. The summed E-state index contributed by atoms with van der Waals surface area (Å²) in [6, 6.07) is 14.2. The number of hydrogen-bond donors (Lipinski definition) is 3. The van der Waals surface area contributed by atoms with Crippen LogP contribution in [-0.4, -0.2) is 46.3 Å². The van der Waals surface area contributed by atoms with Gasteiger partial charge in [0.15, 0.2) is 0 Å². The summed E-state index contributed by atoms with van der Waals surface area (Å²) < 4.78 is 6.73. The molecule has 3 aromatic rings. The van der Waals surface area contributed by atoms with Crippen molar-refractivity contribution >= 4 is 17.6 Å². The van der Waals surface area contributed by atoms with Gasteiger partial charge in [-0.1, -0.05) is 30.3 Å². The fourth-order valence-corrected chi connectivity index (χ4v) is 2.95. The second-order valence-corrected chi connectivity index (χ2v) is 6.70. The van der Waals surface area contributed by atoms with Gasteiger partial charge >= 0.3 is 0 Å². The summed E-state index contributed by atoms with van der Waals surface area (Å²) in [7, 11) is 3.28. The average Bonchev–Trinajstić information content (AvgIpc) is 3.12. The molecule has 9 nitrogen and oxygen atoms in total. The Morgan fingerprint density at radius 2 is 1.97 bits per heavy atom. The van der Waals surface area contributed by atoms with Gasteiger partial charge in [0, 0.05) is 30.9 Å². The van der Waals surface area contributed by atoms with Crippen molar-refractivity contribution in [3.8, 4) is 17.1 Å². The molecule has 0 aliphatic carbocycles. The Labute approximate surface area is 174 Å². The Morgan fingerprint density at radius 1 is 1.20 bits per heavy atom. The second-order valence-electron chi connectivity index (χ2n) is 6.70. The molecule has 1 atom stereocenters. The van der Waals surface area contributed by atoms with E-state index in [-0.39, 0.29) is 12.5 Å². The van der Waals surface area contributed by atoms with E-state index < -0.39 is 11.9 Å². The summed E-state index contributed by atoms with van der Waals surface area (Å²) in [5.74, 6) is 0.171. The van der Waals surface area contributed by atoms with Gasteiger partial charge in [-0.25, -0.2) is 4.98 Å². The minimum Gasteiger partial charge on any atom is -0.481 e. The van der Waals surface area contributed by atoms with Gasteiger partial charge in [0.1, 0.15) is 5.82 Å². The zero-order valence-electron chi connectivity index (χ0n) is 16.8. The molecule has 0 aliphatic heterocycles. The first-order valence-electron chi connectivity index (χ1n) is 9.37. The standard InChI is InChI=1S/C21H24N6O3/c1-27-19(12-16(26-27)15-8-9-23-20(11-15)30-2)25-21(29)17(24-13-18(22)28)10-14-6-4-3-5-7-14/h3-9,11-12,17,24H,10,13H2,1-2H3,(H2,22,28)(H,25,29)/t17-/m0/s1. The van der Waals surface area contributed by atoms with Crippen LogP contribution in [0.25, 0.3) is 11.3 Å². The summed E-state index contributed by atoms with van der Waals surface area (Å²) in [5, 5.41) is 10.2. The second kappa shape index (κ2) is 9.66. The zero-order valence-corrected chi connectivity index (χ0v) is 16.8. The van der Waals surface area contributed by atoms with Crippen molar-refractivity contribution in [3.05, 3.63) is 60.3 Å². The number of benzene rings is 1. The predicted molar refractivity (Wildman–Crippen MR) is 113 cm³/mol. The molecule has 0 bridgehead atoms. The average molecular weight is 408 g/mol. The van der Waals surface area contributed by atoms with E-state index in [0.717, 1.165) is 11.1 Å². The van der Waals surface area contributed by atoms with Crippen LogP contribution in [-0.2, 0) is 23.1 Å². The molecule has 9 heteroatoms. The van der Waals surface area contributed by atoms with E-state index in [0.29, 0.717) is 23.8 Å². The van der Waals surface area contributed by atoms with E-state index in [1.807, 2.05) is 36.4 Å². The molecule has 2 amide bonds. The zero-order chi connectivity index (χ0) is 21.5. The molecule has 30 heavy (non-hydrogen) atoms. The van der Waals surface area contributed by atoms with Crippen LogP contribution in [0.1, 0.15) is 5.56 Å². The maximum absolute atomic E-state index is 12.9. The van der Waals surface area contributed by atoms with Crippen molar-refractivity contribution in [1.29, 1.82) is 0 Å². The van der Waals surface area contributed by atoms with Gasteiger partial charge in [0.25, 0.3) is 0 Å². The van der Waals surface area contributed by atoms with E-state index >= 15 is 0 Å². The van der Waals surface area contributed by atoms with Gasteiger partial charge in [-0.2, -0.15) is 5.10 Å². The molecular formula is C21H24N6O3. The van der Waals surface area contributed by atoms with Crippen LogP contribution in [0.3, 0.4) is 0 Å². The maximum Gasteiger partial charge on any atom is 0.243 e. The lowest BCUT2D eigenvalue weighted by Gasteiger charge is -2.18. The van der Waals surface area contributed by atoms with E-state index in [2.05, 4.69) is 20.7 Å². The van der Waals surface area contributed by atoms with Gasteiger partial charge in [-0.3, -0.25) is 19.6 Å². The maximum atomic E-state index is 12.9. The molecule has 2 aromatic heterocycles. The third-order valence-corrected chi connectivity index (χ3v) is 4.49. The molecular weight excluding hydrogens is 384 g/mol. The quantitative estimate of drug-likeness (QED) is 0.487. The third-order valence-electron chi connectivity index (χ3n) is 4.49. The molecule has 0 unspecified atom stereocenters. The summed E-state index contributed by atoms with van der Waals surface area (Å²) in [4.78, 5) is 28.2. The molecule has 0 saturated carbocycles. The summed E-state index contributed by atoms with van der Waals surface area (Å²) >= 11 is 0. The number of amides is 2. The van der Waals surface area contributed by atoms with Gasteiger partial charge in [0.2, 0.25) is 17.7 Å². The van der Waals surface area contributed by atoms with Crippen molar-refractivity contribution in [2.24, 2.45) is 12.8 Å². The number of aromatic nitrogens is 3. The Bertz CT molecular complexity index is 1020. The number of carbonyl (C=O) groups is 2. The first-order valence-corrected chi connectivity index (χ1v) is 9.37. The highest BCUT2D eigenvalue weighted by atomic mass is 16.5. The monoisotopic (exact) mass is 408 g/mol. The molecule has 0 aliphatic rings. The molecule has 156 valence electrons. The van der Waals surface area contributed by atoms with Crippen LogP contribution in [0.4, 0.5) is 5.82 Å². The van der Waals surface area contributed by atoms with Crippen molar-refractivity contribution in [2.45, 2.75) is 12.5 Å². The smallest absolute Gasteiger partial charge is 0.243 e. The molecule has 2 heterocycles. The molecule has 0 radical (unpaired) electrons. The number of hydrogen-bond acceptors (Lipinski definition) is 6. The highest BCUT2D eigenvalue weighted by Crippen LogP contribution is 2.23. The number of methoxy groups -OCH3 is 1. The highest BCUT2D eigenvalue weighted by molar-refractivity contribution is 5.95. The first kappa shape index (κ1) is 21.0. The summed E-state index contributed by atoms with van der Waals surface area (Å²) in [6.45, 7) is -0.0988. The van der Waals surface area contributed by atoms with Crippen LogP contribution in [0.2, 0.25) is 0 Å². The predicted octanol–water partition coefficient (Wildman–Crippen LogP) is 1.12. The van der Waals surface area contributed by atoms with E-state index in [1.54, 1.807) is 37.2 Å². The Kier molecular flexibility index (Phi) is 6.76. The fourth-order valence-electron chi connectivity index (χ4n) is 2.95. The van der Waals surface area contributed by atoms with Crippen LogP contribution < -0.4 is 21.1 Å². The van der Waals surface area contributed by atoms with Crippen molar-refractivity contribution in [1.82, 2.24) is 20.1 Å². The molecule has 3 rings (SSSR count). The van der Waals surface area contributed by atoms with Crippen molar-refractivity contribution in [3.63, 3.8) is 0 Å². The van der Waals surface area contributed by atoms with Gasteiger partial charge < -0.3 is 15.8 Å². The number of carbonyl (C=O) groups excluding carboxylic acids is 2. The molecule has 0 spiro atoms. The normalized spacial score (nSPS) is 11.7. The van der Waals surface area contributed by atoms with E-state index in [9.17, 15) is 9.59 Å². The first-order chi connectivity index (χ1) is 14.5. The molecule has 4 N–H and O–H groups in total. The number of nitrogens with two attached hydrogens (primary N) is 1. The number of primary amides is 1. The number of rotatable bonds is 9. The number of anilines is 1. The number of aryl methyl sites for hydroxylation is 1. The minimum absolute atomic E-state index is 0.0988. The third kappa shape index (κ3) is 5.42. The lowest BCUT2D eigenvalue weighted by molar-refractivity contribution is -0.119. The van der Waals surface area contributed by atoms with Crippen molar-refractivity contribution < 1.29 is 14.3 Å². The lowest BCUT2D eigenvalue weighted by Crippen LogP contribution is -2.45. The van der Waals surface area contributed by atoms with E-state index in [1.165, 1.54) is 0 Å². The lowest BCUT2D eigenvalue weighted by atomic mass is 10.1. The SMILES string of the molecule is COc1cc(-c2cc(NC(=O)[C@H](Cc3ccccc3)NCC(N)=O)n(C)n2)ccn1. The number of ether oxygens (including phenoxy) is 1. The molecule has 0 saturated heterocycles. The van der Waals surface area contributed by atoms with Crippen LogP contribution >= 0.6 is 0 Å². The summed E-state index contributed by atoms with van der Waals surface area (Å²) in [5.41, 5.74) is 7.68. The van der Waals surface area contributed by atoms with E-state index in [4.69, 9.17) is 10.5 Å². The van der Waals surface area contributed by atoms with Gasteiger partial charge in [-0.05, 0) is 18.1 Å². The Morgan fingerprint density at radius 3 is 2.67 bits per heavy atom. The number of nitrogens with one attached hydrogen (secondary N) is 2. The minimum atomic E-state index is -0.640. The molecule has 1 aromatic carbocycles. The Hall–Kier alpha value is -3.72. The number of nitrogens with zero attached hydrogens (tertiary/aromatic N) is 3.